The van der Waals surface area contributed by atoms with Crippen molar-refractivity contribution < 1.29 is 42.1 Å². The largest absolute Gasteiger partial charge is 0.472 e. The minimum absolute atomic E-state index is 0.0329. The van der Waals surface area contributed by atoms with Gasteiger partial charge in [-0.15, -0.1) is 0 Å². The second kappa shape index (κ2) is 15.8. The molecule has 30 heavy (non-hydrogen) atoms. The van der Waals surface area contributed by atoms with Crippen molar-refractivity contribution >= 4 is 19.8 Å². The van der Waals surface area contributed by atoms with E-state index < -0.39 is 32.5 Å². The Kier molecular flexibility index (Phi) is 15.2. The summed E-state index contributed by atoms with van der Waals surface area (Å²) in [5, 5.41) is 0. The normalized spacial score (nSPS) is 14.7. The van der Waals surface area contributed by atoms with Crippen molar-refractivity contribution in [3.63, 3.8) is 0 Å². The summed E-state index contributed by atoms with van der Waals surface area (Å²) in [4.78, 5) is 33.6. The lowest BCUT2D eigenvalue weighted by atomic mass is 10.1. The highest BCUT2D eigenvalue weighted by atomic mass is 31.2. The van der Waals surface area contributed by atoms with Crippen LogP contribution in [0.5, 0.6) is 0 Å². The molecule has 0 aliphatic rings. The van der Waals surface area contributed by atoms with Crippen molar-refractivity contribution in [3.8, 4) is 0 Å². The van der Waals surface area contributed by atoms with E-state index in [4.69, 9.17) is 18.5 Å². The number of phosphoric ester groups is 1. The Bertz CT molecular complexity index is 535. The second-order valence-electron chi connectivity index (χ2n) is 8.32. The minimum atomic E-state index is -4.31. The number of carbonyl (C=O) groups is 2. The van der Waals surface area contributed by atoms with Crippen LogP contribution in [0.3, 0.4) is 0 Å². The van der Waals surface area contributed by atoms with Gasteiger partial charge in [-0.2, -0.15) is 0 Å². The van der Waals surface area contributed by atoms with E-state index >= 15 is 0 Å². The monoisotopic (exact) mass is 454 g/mol. The molecule has 9 nitrogen and oxygen atoms in total. The Balaban J connectivity index is 4.63. The van der Waals surface area contributed by atoms with Gasteiger partial charge in [-0.25, -0.2) is 4.57 Å². The number of likely N-dealkylation sites (N-methyl/N-ethyl adjacent to an activating group) is 1. The average molecular weight is 455 g/mol. The lowest BCUT2D eigenvalue weighted by Crippen LogP contribution is -2.37. The molecule has 0 saturated heterocycles. The first-order valence-electron chi connectivity index (χ1n) is 10.8. The fraction of sp³-hybridized carbons (Fsp3) is 0.900. The number of rotatable bonds is 18. The number of carbonyl (C=O) groups excluding carboxylic acids is 2. The van der Waals surface area contributed by atoms with E-state index in [0.717, 1.165) is 25.7 Å². The molecule has 0 fully saturated rings. The third-order valence-corrected chi connectivity index (χ3v) is 5.12. The fourth-order valence-electron chi connectivity index (χ4n) is 2.28. The van der Waals surface area contributed by atoms with E-state index in [0.29, 0.717) is 23.9 Å². The SMILES string of the molecule is CCCCCCC(=O)OC(COC(=O)CCCC)COP(=O)(O)OCC[N+](C)(C)C. The van der Waals surface area contributed by atoms with Crippen molar-refractivity contribution in [3.05, 3.63) is 0 Å². The van der Waals surface area contributed by atoms with E-state index in [1.807, 2.05) is 28.1 Å². The van der Waals surface area contributed by atoms with Gasteiger partial charge in [-0.3, -0.25) is 18.6 Å². The molecule has 0 amide bonds. The van der Waals surface area contributed by atoms with E-state index in [9.17, 15) is 19.0 Å². The number of quaternary nitrogens is 1. The highest BCUT2D eigenvalue weighted by Crippen LogP contribution is 2.43. The Morgan fingerprint density at radius 2 is 1.53 bits per heavy atom. The lowest BCUT2D eigenvalue weighted by Gasteiger charge is -2.24. The molecule has 0 aliphatic carbocycles. The summed E-state index contributed by atoms with van der Waals surface area (Å²) in [6.45, 7) is 3.95. The summed E-state index contributed by atoms with van der Waals surface area (Å²) in [6.07, 6.45) is 4.78. The average Bonchev–Trinajstić information content (AvgIpc) is 2.64. The van der Waals surface area contributed by atoms with Crippen molar-refractivity contribution in [2.75, 3.05) is 47.5 Å². The van der Waals surface area contributed by atoms with Crippen molar-refractivity contribution in [2.45, 2.75) is 71.3 Å². The van der Waals surface area contributed by atoms with Gasteiger partial charge in [-0.05, 0) is 12.8 Å². The summed E-state index contributed by atoms with van der Waals surface area (Å²) in [5.74, 6) is -0.866. The van der Waals surface area contributed by atoms with E-state index in [2.05, 4.69) is 6.92 Å². The zero-order valence-electron chi connectivity index (χ0n) is 19.3. The van der Waals surface area contributed by atoms with Gasteiger partial charge in [0.05, 0.1) is 27.7 Å². The van der Waals surface area contributed by atoms with Gasteiger partial charge in [0, 0.05) is 12.8 Å². The molecule has 0 aromatic heterocycles. The molecule has 0 rings (SSSR count). The van der Waals surface area contributed by atoms with Crippen LogP contribution in [0.15, 0.2) is 0 Å². The summed E-state index contributed by atoms with van der Waals surface area (Å²) in [7, 11) is 1.47. The van der Waals surface area contributed by atoms with Crippen LogP contribution in [0.25, 0.3) is 0 Å². The predicted molar refractivity (Wildman–Crippen MR) is 114 cm³/mol. The summed E-state index contributed by atoms with van der Waals surface area (Å²) < 4.78 is 33.0. The molecule has 0 saturated carbocycles. The van der Waals surface area contributed by atoms with E-state index in [1.54, 1.807) is 0 Å². The Labute approximate surface area is 181 Å². The number of ether oxygens (including phenoxy) is 2. The first-order chi connectivity index (χ1) is 14.0. The van der Waals surface area contributed by atoms with Crippen LogP contribution in [0.4, 0.5) is 0 Å². The first-order valence-corrected chi connectivity index (χ1v) is 12.3. The molecule has 2 unspecified atom stereocenters. The first kappa shape index (κ1) is 29.0. The maximum atomic E-state index is 12.1. The molecule has 10 heteroatoms. The second-order valence-corrected chi connectivity index (χ2v) is 9.77. The molecule has 0 bridgehead atoms. The molecule has 0 aromatic carbocycles. The number of phosphoric acid groups is 1. The lowest BCUT2D eigenvalue weighted by molar-refractivity contribution is -0.870. The zero-order valence-corrected chi connectivity index (χ0v) is 20.2. The fourth-order valence-corrected chi connectivity index (χ4v) is 3.02. The Morgan fingerprint density at radius 3 is 2.13 bits per heavy atom. The Hall–Kier alpha value is -0.990. The smallest absolute Gasteiger partial charge is 0.462 e. The van der Waals surface area contributed by atoms with Gasteiger partial charge < -0.3 is 18.9 Å². The number of unbranched alkanes of at least 4 members (excludes halogenated alkanes) is 4. The summed E-state index contributed by atoms with van der Waals surface area (Å²) in [5.41, 5.74) is 0. The van der Waals surface area contributed by atoms with Gasteiger partial charge in [0.1, 0.15) is 19.8 Å². The van der Waals surface area contributed by atoms with Gasteiger partial charge in [-0.1, -0.05) is 39.5 Å². The third-order valence-electron chi connectivity index (χ3n) is 4.14. The van der Waals surface area contributed by atoms with Gasteiger partial charge in [0.25, 0.3) is 0 Å². The maximum absolute atomic E-state index is 12.1. The van der Waals surface area contributed by atoms with Crippen LogP contribution in [-0.2, 0) is 32.7 Å². The standard InChI is InChI=1S/C20H40NO8P/c1-6-8-10-11-13-20(23)29-18(16-26-19(22)12-9-7-2)17-28-30(24,25)27-15-14-21(3,4)5/h18H,6-17H2,1-5H3/p+1. The molecule has 178 valence electrons. The van der Waals surface area contributed by atoms with Crippen LogP contribution >= 0.6 is 7.82 Å². The van der Waals surface area contributed by atoms with Gasteiger partial charge >= 0.3 is 19.8 Å². The number of nitrogens with zero attached hydrogens (tertiary/aromatic N) is 1. The van der Waals surface area contributed by atoms with Crippen molar-refractivity contribution in [2.24, 2.45) is 0 Å². The van der Waals surface area contributed by atoms with Gasteiger partial charge in [0.2, 0.25) is 0 Å². The molecule has 0 radical (unpaired) electrons. The topological polar surface area (TPSA) is 108 Å². The molecule has 0 spiro atoms. The van der Waals surface area contributed by atoms with Gasteiger partial charge in [0.15, 0.2) is 6.10 Å². The molecular formula is C20H41NO8P+. The predicted octanol–water partition coefficient (Wildman–Crippen LogP) is 3.44. The summed E-state index contributed by atoms with van der Waals surface area (Å²) in [6, 6.07) is 0. The van der Waals surface area contributed by atoms with Crippen LogP contribution < -0.4 is 0 Å². The highest BCUT2D eigenvalue weighted by molar-refractivity contribution is 7.47. The van der Waals surface area contributed by atoms with Crippen LogP contribution in [0, 0.1) is 0 Å². The third kappa shape index (κ3) is 17.8. The van der Waals surface area contributed by atoms with Crippen LogP contribution in [0.1, 0.15) is 65.2 Å². The molecule has 0 aliphatic heterocycles. The van der Waals surface area contributed by atoms with Crippen molar-refractivity contribution in [1.82, 2.24) is 0 Å². The molecular weight excluding hydrogens is 413 g/mol. The maximum Gasteiger partial charge on any atom is 0.472 e. The molecule has 2 atom stereocenters. The van der Waals surface area contributed by atoms with Crippen molar-refractivity contribution in [1.29, 1.82) is 0 Å². The zero-order chi connectivity index (χ0) is 23.0. The molecule has 0 aromatic rings. The van der Waals surface area contributed by atoms with Crippen LogP contribution in [-0.4, -0.2) is 74.9 Å². The molecule has 0 heterocycles. The quantitative estimate of drug-likeness (QED) is 0.145. The highest BCUT2D eigenvalue weighted by Gasteiger charge is 2.26. The Morgan fingerprint density at radius 1 is 0.900 bits per heavy atom. The molecule has 1 N–H and O–H groups in total. The minimum Gasteiger partial charge on any atom is -0.462 e. The van der Waals surface area contributed by atoms with E-state index in [1.165, 1.54) is 0 Å². The van der Waals surface area contributed by atoms with Crippen LogP contribution in [0.2, 0.25) is 0 Å². The summed E-state index contributed by atoms with van der Waals surface area (Å²) >= 11 is 0. The van der Waals surface area contributed by atoms with E-state index in [-0.39, 0.29) is 26.1 Å². The number of hydrogen-bond donors (Lipinski definition) is 1. The number of hydrogen-bond acceptors (Lipinski definition) is 7. The number of esters is 2.